The summed E-state index contributed by atoms with van der Waals surface area (Å²) in [6.07, 6.45) is -4.50. The Labute approximate surface area is 141 Å². The zero-order chi connectivity index (χ0) is 18.7. The lowest BCUT2D eigenvalue weighted by atomic mass is 10.2. The maximum atomic E-state index is 12.5. The lowest BCUT2D eigenvalue weighted by molar-refractivity contribution is -0.137. The van der Waals surface area contributed by atoms with E-state index in [1.165, 1.54) is 24.3 Å². The Hall–Kier alpha value is -2.75. The van der Waals surface area contributed by atoms with Gasteiger partial charge >= 0.3 is 6.18 Å². The standard InChI is InChI=1S/C15H13F3N2O4S/c16-15(17,18)10-1-3-11(4-2-10)20-25(22,23)13-7-5-12(6-8-13)24-9-14(19)21/h1-8,20H,9H2,(H2,19,21). The smallest absolute Gasteiger partial charge is 0.416 e. The molecule has 3 N–H and O–H groups in total. The number of nitrogens with one attached hydrogen (secondary N) is 1. The quantitative estimate of drug-likeness (QED) is 0.811. The largest absolute Gasteiger partial charge is 0.484 e. The van der Waals surface area contributed by atoms with E-state index in [1.807, 2.05) is 0 Å². The third-order valence-corrected chi connectivity index (χ3v) is 4.38. The minimum absolute atomic E-state index is 0.0120. The molecule has 0 heterocycles. The molecule has 2 aromatic rings. The van der Waals surface area contributed by atoms with Crippen LogP contribution in [0.2, 0.25) is 0 Å². The molecular formula is C15H13F3N2O4S. The first-order chi connectivity index (χ1) is 11.6. The van der Waals surface area contributed by atoms with Gasteiger partial charge in [0.2, 0.25) is 0 Å². The summed E-state index contributed by atoms with van der Waals surface area (Å²) in [7, 11) is -3.99. The van der Waals surface area contributed by atoms with Gasteiger partial charge in [0.05, 0.1) is 10.5 Å². The molecule has 0 atom stereocenters. The van der Waals surface area contributed by atoms with Gasteiger partial charge in [-0.15, -0.1) is 0 Å². The van der Waals surface area contributed by atoms with Crippen molar-refractivity contribution >= 4 is 21.6 Å². The summed E-state index contributed by atoms with van der Waals surface area (Å²) in [6.45, 7) is -0.351. The van der Waals surface area contributed by atoms with Gasteiger partial charge in [-0.2, -0.15) is 13.2 Å². The Balaban J connectivity index is 2.12. The van der Waals surface area contributed by atoms with E-state index in [1.54, 1.807) is 0 Å². The Bertz CT molecular complexity index is 848. The Morgan fingerprint density at radius 1 is 1.04 bits per heavy atom. The summed E-state index contributed by atoms with van der Waals surface area (Å²) in [5, 5.41) is 0. The number of rotatable bonds is 6. The number of nitrogens with two attached hydrogens (primary N) is 1. The Morgan fingerprint density at radius 2 is 1.60 bits per heavy atom. The summed E-state index contributed by atoms with van der Waals surface area (Å²) in [6, 6.07) is 8.69. The molecule has 134 valence electrons. The summed E-state index contributed by atoms with van der Waals surface area (Å²) in [4.78, 5) is 10.5. The molecule has 0 aromatic heterocycles. The molecule has 0 saturated carbocycles. The second-order valence-electron chi connectivity index (χ2n) is 4.91. The van der Waals surface area contributed by atoms with Gasteiger partial charge in [0.1, 0.15) is 5.75 Å². The van der Waals surface area contributed by atoms with Crippen LogP contribution in [0, 0.1) is 0 Å². The second-order valence-corrected chi connectivity index (χ2v) is 6.59. The van der Waals surface area contributed by atoms with Crippen molar-refractivity contribution in [3.05, 3.63) is 54.1 Å². The molecular weight excluding hydrogens is 361 g/mol. The molecule has 0 aliphatic heterocycles. The number of anilines is 1. The summed E-state index contributed by atoms with van der Waals surface area (Å²) < 4.78 is 69.1. The number of halogens is 3. The number of amides is 1. The predicted molar refractivity (Wildman–Crippen MR) is 83.4 cm³/mol. The van der Waals surface area contributed by atoms with Gasteiger partial charge in [0.25, 0.3) is 15.9 Å². The first-order valence-corrected chi connectivity index (χ1v) is 8.27. The van der Waals surface area contributed by atoms with Crippen molar-refractivity contribution in [3.8, 4) is 5.75 Å². The average Bonchev–Trinajstić information content (AvgIpc) is 2.52. The van der Waals surface area contributed by atoms with Crippen LogP contribution in [0.5, 0.6) is 5.75 Å². The first-order valence-electron chi connectivity index (χ1n) is 6.79. The minimum Gasteiger partial charge on any atom is -0.484 e. The molecule has 1 amide bonds. The van der Waals surface area contributed by atoms with Crippen LogP contribution in [-0.4, -0.2) is 20.9 Å². The third-order valence-electron chi connectivity index (χ3n) is 2.98. The Morgan fingerprint density at radius 3 is 2.08 bits per heavy atom. The van der Waals surface area contributed by atoms with Crippen LogP contribution in [-0.2, 0) is 21.0 Å². The maximum absolute atomic E-state index is 12.5. The molecule has 6 nitrogen and oxygen atoms in total. The van der Waals surface area contributed by atoms with Crippen LogP contribution in [0.4, 0.5) is 18.9 Å². The number of carbonyl (C=O) groups is 1. The molecule has 0 unspecified atom stereocenters. The minimum atomic E-state index is -4.50. The molecule has 25 heavy (non-hydrogen) atoms. The van der Waals surface area contributed by atoms with E-state index in [0.29, 0.717) is 0 Å². The van der Waals surface area contributed by atoms with Crippen molar-refractivity contribution in [2.45, 2.75) is 11.1 Å². The van der Waals surface area contributed by atoms with Crippen LogP contribution in [0.25, 0.3) is 0 Å². The molecule has 0 spiro atoms. The topological polar surface area (TPSA) is 98.5 Å². The molecule has 0 aliphatic rings. The second kappa shape index (κ2) is 7.01. The van der Waals surface area contributed by atoms with Crippen molar-refractivity contribution in [3.63, 3.8) is 0 Å². The number of primary amides is 1. The fourth-order valence-electron chi connectivity index (χ4n) is 1.81. The van der Waals surface area contributed by atoms with Gasteiger partial charge in [-0.05, 0) is 48.5 Å². The zero-order valence-corrected chi connectivity index (χ0v) is 13.4. The van der Waals surface area contributed by atoms with Crippen molar-refractivity contribution in [2.24, 2.45) is 5.73 Å². The highest BCUT2D eigenvalue weighted by molar-refractivity contribution is 7.92. The molecule has 0 saturated heterocycles. The van der Waals surface area contributed by atoms with E-state index in [2.05, 4.69) is 4.72 Å². The van der Waals surface area contributed by atoms with Crippen LogP contribution in [0.15, 0.2) is 53.4 Å². The van der Waals surface area contributed by atoms with Gasteiger partial charge < -0.3 is 10.5 Å². The number of hydrogen-bond acceptors (Lipinski definition) is 4. The van der Waals surface area contributed by atoms with E-state index in [0.717, 1.165) is 24.3 Å². The van der Waals surface area contributed by atoms with Crippen molar-refractivity contribution in [1.29, 1.82) is 0 Å². The van der Waals surface area contributed by atoms with Crippen molar-refractivity contribution in [1.82, 2.24) is 0 Å². The number of sulfonamides is 1. The molecule has 10 heteroatoms. The highest BCUT2D eigenvalue weighted by Gasteiger charge is 2.30. The van der Waals surface area contributed by atoms with Gasteiger partial charge in [-0.1, -0.05) is 0 Å². The molecule has 2 aromatic carbocycles. The average molecular weight is 374 g/mol. The SMILES string of the molecule is NC(=O)COc1ccc(S(=O)(=O)Nc2ccc(C(F)(F)F)cc2)cc1. The lowest BCUT2D eigenvalue weighted by Crippen LogP contribution is -2.20. The van der Waals surface area contributed by atoms with Crippen LogP contribution in [0.3, 0.4) is 0 Å². The summed E-state index contributed by atoms with van der Waals surface area (Å²) >= 11 is 0. The van der Waals surface area contributed by atoms with Crippen LogP contribution >= 0.6 is 0 Å². The molecule has 0 radical (unpaired) electrons. The van der Waals surface area contributed by atoms with Gasteiger partial charge in [-0.25, -0.2) is 8.42 Å². The van der Waals surface area contributed by atoms with Gasteiger partial charge in [0.15, 0.2) is 6.61 Å². The number of ether oxygens (including phenoxy) is 1. The number of benzene rings is 2. The van der Waals surface area contributed by atoms with E-state index in [-0.39, 0.29) is 22.9 Å². The van der Waals surface area contributed by atoms with E-state index in [9.17, 15) is 26.4 Å². The molecule has 0 fully saturated rings. The number of hydrogen-bond donors (Lipinski definition) is 2. The zero-order valence-electron chi connectivity index (χ0n) is 12.6. The van der Waals surface area contributed by atoms with Crippen LogP contribution < -0.4 is 15.2 Å². The lowest BCUT2D eigenvalue weighted by Gasteiger charge is -2.11. The fraction of sp³-hybridized carbons (Fsp3) is 0.133. The monoisotopic (exact) mass is 374 g/mol. The predicted octanol–water partition coefficient (Wildman–Crippen LogP) is 2.37. The van der Waals surface area contributed by atoms with E-state index < -0.39 is 27.7 Å². The third kappa shape index (κ3) is 5.11. The highest BCUT2D eigenvalue weighted by atomic mass is 32.2. The van der Waals surface area contributed by atoms with Crippen LogP contribution in [0.1, 0.15) is 5.56 Å². The maximum Gasteiger partial charge on any atom is 0.416 e. The normalized spacial score (nSPS) is 11.8. The molecule has 0 bridgehead atoms. The number of carbonyl (C=O) groups excluding carboxylic acids is 1. The van der Waals surface area contributed by atoms with E-state index in [4.69, 9.17) is 10.5 Å². The van der Waals surface area contributed by atoms with Crippen molar-refractivity contribution in [2.75, 3.05) is 11.3 Å². The van der Waals surface area contributed by atoms with Gasteiger partial charge in [-0.3, -0.25) is 9.52 Å². The molecule has 0 aliphatic carbocycles. The number of alkyl halides is 3. The van der Waals surface area contributed by atoms with Gasteiger partial charge in [0, 0.05) is 5.69 Å². The fourth-order valence-corrected chi connectivity index (χ4v) is 2.87. The summed E-state index contributed by atoms with van der Waals surface area (Å²) in [5.74, 6) is -0.437. The first kappa shape index (κ1) is 18.6. The highest BCUT2D eigenvalue weighted by Crippen LogP contribution is 2.30. The van der Waals surface area contributed by atoms with Crippen molar-refractivity contribution < 1.29 is 31.1 Å². The summed E-state index contributed by atoms with van der Waals surface area (Å²) in [5.41, 5.74) is 4.03. The van der Waals surface area contributed by atoms with E-state index >= 15 is 0 Å². The molecule has 2 rings (SSSR count). The Kier molecular flexibility index (Phi) is 5.21.